The quantitative estimate of drug-likeness (QED) is 0.636. The van der Waals surface area contributed by atoms with Gasteiger partial charge in [-0.2, -0.15) is 0 Å². The number of hydrogen-bond acceptors (Lipinski definition) is 3. The number of rotatable bonds is 1. The van der Waals surface area contributed by atoms with Crippen molar-refractivity contribution in [2.24, 2.45) is 5.41 Å². The van der Waals surface area contributed by atoms with E-state index >= 15 is 0 Å². The van der Waals surface area contributed by atoms with E-state index in [2.05, 4.69) is 77.3 Å². The van der Waals surface area contributed by atoms with Gasteiger partial charge in [-0.25, -0.2) is 0 Å². The molecule has 4 heterocycles. The summed E-state index contributed by atoms with van der Waals surface area (Å²) in [7, 11) is 2.35. The van der Waals surface area contributed by atoms with Gasteiger partial charge < -0.3 is 4.57 Å². The molecule has 0 saturated carbocycles. The van der Waals surface area contributed by atoms with Gasteiger partial charge in [-0.1, -0.05) is 25.1 Å². The van der Waals surface area contributed by atoms with Crippen molar-refractivity contribution in [3.63, 3.8) is 0 Å². The Bertz CT molecular complexity index is 792. The van der Waals surface area contributed by atoms with Crippen LogP contribution >= 0.6 is 23.5 Å². The van der Waals surface area contributed by atoms with Crippen LogP contribution in [0.2, 0.25) is 0 Å². The van der Waals surface area contributed by atoms with Crippen molar-refractivity contribution >= 4 is 34.4 Å². The summed E-state index contributed by atoms with van der Waals surface area (Å²) in [6.07, 6.45) is 7.25. The van der Waals surface area contributed by atoms with E-state index in [0.29, 0.717) is 11.6 Å². The monoisotopic (exact) mass is 372 g/mol. The topological polar surface area (TPSA) is 8.17 Å². The van der Waals surface area contributed by atoms with Gasteiger partial charge in [0, 0.05) is 16.6 Å². The fourth-order valence-electron chi connectivity index (χ4n) is 5.65. The molecule has 3 aliphatic heterocycles. The maximum absolute atomic E-state index is 2.76. The van der Waals surface area contributed by atoms with Crippen molar-refractivity contribution in [3.8, 4) is 0 Å². The second-order valence-electron chi connectivity index (χ2n) is 8.11. The van der Waals surface area contributed by atoms with Crippen LogP contribution in [0.1, 0.15) is 50.9 Å². The van der Waals surface area contributed by atoms with Gasteiger partial charge in [0.25, 0.3) is 0 Å². The molecule has 0 unspecified atom stereocenters. The number of benzene rings is 1. The first-order valence-electron chi connectivity index (χ1n) is 9.78. The molecule has 134 valence electrons. The minimum absolute atomic E-state index is 0.266. The molecule has 2 fully saturated rings. The number of nitrogens with zero attached hydrogens (tertiary/aromatic N) is 2. The summed E-state index contributed by atoms with van der Waals surface area (Å²) in [4.78, 5) is 2.65. The average Bonchev–Trinajstić information content (AvgIpc) is 3.03. The van der Waals surface area contributed by atoms with Crippen LogP contribution in [0.3, 0.4) is 0 Å². The Balaban J connectivity index is 1.80. The Morgan fingerprint density at radius 1 is 1.16 bits per heavy atom. The first-order chi connectivity index (χ1) is 12.2. The minimum Gasteiger partial charge on any atom is -0.326 e. The van der Waals surface area contributed by atoms with Gasteiger partial charge in [0.15, 0.2) is 0 Å². The lowest BCUT2D eigenvalue weighted by Crippen LogP contribution is -2.54. The highest BCUT2D eigenvalue weighted by molar-refractivity contribution is 8.18. The molecule has 0 amide bonds. The van der Waals surface area contributed by atoms with Crippen molar-refractivity contribution in [1.29, 1.82) is 0 Å². The van der Waals surface area contributed by atoms with Crippen LogP contribution in [0, 0.1) is 5.41 Å². The fraction of sp³-hybridized carbons (Fsp3) is 0.619. The maximum Gasteiger partial charge on any atom is 0.102 e. The predicted octanol–water partition coefficient (Wildman–Crippen LogP) is 5.69. The molecule has 0 radical (unpaired) electrons. The van der Waals surface area contributed by atoms with Crippen LogP contribution in [-0.2, 0) is 4.08 Å². The zero-order chi connectivity index (χ0) is 17.1. The highest BCUT2D eigenvalue weighted by atomic mass is 32.2. The lowest BCUT2D eigenvalue weighted by Gasteiger charge is -2.58. The number of piperidine rings is 1. The van der Waals surface area contributed by atoms with E-state index in [-0.39, 0.29) is 4.08 Å². The molecule has 0 N–H and O–H groups in total. The van der Waals surface area contributed by atoms with Gasteiger partial charge in [-0.3, -0.25) is 4.90 Å². The molecule has 1 spiro atoms. The standard InChI is InChI=1S/C21H28N2S2/c1-3-20-10-6-11-22(2)19(20)23-17-9-5-4-8-16(17)14-18(23)21(15-20)24-12-7-13-25-21/h4-5,8-9,14,19H,3,6-7,10-13,15H2,1-2H3/t19-,20+/m0/s1. The van der Waals surface area contributed by atoms with Crippen molar-refractivity contribution in [1.82, 2.24) is 9.47 Å². The Labute approximate surface area is 159 Å². The third-order valence-electron chi connectivity index (χ3n) is 6.78. The molecule has 0 bridgehead atoms. The van der Waals surface area contributed by atoms with Crippen molar-refractivity contribution in [2.45, 2.75) is 49.3 Å². The van der Waals surface area contributed by atoms with E-state index in [1.807, 2.05) is 0 Å². The summed E-state index contributed by atoms with van der Waals surface area (Å²) in [5.41, 5.74) is 3.45. The van der Waals surface area contributed by atoms with Crippen LogP contribution in [0.15, 0.2) is 30.3 Å². The molecule has 2 atom stereocenters. The molecule has 3 aliphatic rings. The fourth-order valence-corrected chi connectivity index (χ4v) is 9.29. The Morgan fingerprint density at radius 2 is 1.96 bits per heavy atom. The van der Waals surface area contributed by atoms with E-state index in [0.717, 1.165) is 0 Å². The SMILES string of the molecule is CC[C@]12CCCN(C)[C@H]1n1c(cc3ccccc31)C1(C2)SCCCS1. The molecule has 0 aliphatic carbocycles. The Morgan fingerprint density at radius 3 is 2.76 bits per heavy atom. The highest BCUT2D eigenvalue weighted by Gasteiger charge is 2.56. The highest BCUT2D eigenvalue weighted by Crippen LogP contribution is 2.65. The normalized spacial score (nSPS) is 31.8. The molecular formula is C21H28N2S2. The van der Waals surface area contributed by atoms with E-state index in [9.17, 15) is 0 Å². The first-order valence-corrected chi connectivity index (χ1v) is 11.7. The lowest BCUT2D eigenvalue weighted by atomic mass is 9.69. The van der Waals surface area contributed by atoms with E-state index in [1.54, 1.807) is 5.69 Å². The van der Waals surface area contributed by atoms with Crippen molar-refractivity contribution in [3.05, 3.63) is 36.0 Å². The van der Waals surface area contributed by atoms with Gasteiger partial charge in [-0.05, 0) is 74.7 Å². The predicted molar refractivity (Wildman–Crippen MR) is 111 cm³/mol. The molecule has 2 nitrogen and oxygen atoms in total. The molecule has 2 saturated heterocycles. The van der Waals surface area contributed by atoms with Crippen LogP contribution < -0.4 is 0 Å². The van der Waals surface area contributed by atoms with Crippen LogP contribution in [0.25, 0.3) is 10.9 Å². The molecule has 1 aromatic carbocycles. The summed E-state index contributed by atoms with van der Waals surface area (Å²) < 4.78 is 3.02. The second-order valence-corrected chi connectivity index (χ2v) is 11.2. The number of thioether (sulfide) groups is 2. The van der Waals surface area contributed by atoms with Crippen molar-refractivity contribution in [2.75, 3.05) is 25.1 Å². The minimum atomic E-state index is 0.266. The average molecular weight is 373 g/mol. The molecule has 25 heavy (non-hydrogen) atoms. The third kappa shape index (κ3) is 2.30. The number of aromatic nitrogens is 1. The van der Waals surface area contributed by atoms with Crippen molar-refractivity contribution < 1.29 is 0 Å². The van der Waals surface area contributed by atoms with Gasteiger partial charge in [0.1, 0.15) is 4.08 Å². The van der Waals surface area contributed by atoms with E-state index in [4.69, 9.17) is 0 Å². The zero-order valence-electron chi connectivity index (χ0n) is 15.3. The summed E-state index contributed by atoms with van der Waals surface area (Å²) in [5.74, 6) is 2.63. The van der Waals surface area contributed by atoms with Gasteiger partial charge in [0.05, 0.1) is 6.17 Å². The largest absolute Gasteiger partial charge is 0.326 e. The second kappa shape index (κ2) is 5.97. The van der Waals surface area contributed by atoms with Gasteiger partial charge >= 0.3 is 0 Å². The maximum atomic E-state index is 2.76. The van der Waals surface area contributed by atoms with E-state index < -0.39 is 0 Å². The van der Waals surface area contributed by atoms with E-state index in [1.165, 1.54) is 61.1 Å². The lowest BCUT2D eigenvalue weighted by molar-refractivity contribution is -0.0413. The number of para-hydroxylation sites is 1. The molecule has 2 aromatic rings. The first kappa shape index (κ1) is 16.6. The Hall–Kier alpha value is -0.580. The number of likely N-dealkylation sites (tertiary alicyclic amines) is 1. The zero-order valence-corrected chi connectivity index (χ0v) is 17.0. The molecule has 4 heteroatoms. The molecular weight excluding hydrogens is 344 g/mol. The summed E-state index contributed by atoms with van der Waals surface area (Å²) >= 11 is 4.48. The van der Waals surface area contributed by atoms with Crippen LogP contribution in [0.5, 0.6) is 0 Å². The van der Waals surface area contributed by atoms with Crippen LogP contribution in [-0.4, -0.2) is 34.6 Å². The van der Waals surface area contributed by atoms with Gasteiger partial charge in [0.2, 0.25) is 0 Å². The number of fused-ring (bicyclic) bond motifs is 6. The summed E-state index contributed by atoms with van der Waals surface area (Å²) in [6.45, 7) is 3.67. The molecule has 5 rings (SSSR count). The summed E-state index contributed by atoms with van der Waals surface area (Å²) in [6, 6.07) is 11.6. The molecule has 1 aromatic heterocycles. The smallest absolute Gasteiger partial charge is 0.102 e. The third-order valence-corrected chi connectivity index (χ3v) is 10.1. The number of hydrogen-bond donors (Lipinski definition) is 0. The summed E-state index contributed by atoms with van der Waals surface area (Å²) in [5, 5.41) is 1.43. The van der Waals surface area contributed by atoms with Crippen LogP contribution in [0.4, 0.5) is 0 Å². The Kier molecular flexibility index (Phi) is 3.96. The van der Waals surface area contributed by atoms with Gasteiger partial charge in [-0.15, -0.1) is 23.5 Å².